The monoisotopic (exact) mass is 442 g/mol. The van der Waals surface area contributed by atoms with Crippen LogP contribution in [0.5, 0.6) is 11.5 Å². The predicted molar refractivity (Wildman–Crippen MR) is 127 cm³/mol. The van der Waals surface area contributed by atoms with Gasteiger partial charge in [-0.1, -0.05) is 69.9 Å². The fourth-order valence-electron chi connectivity index (χ4n) is 4.41. The lowest BCUT2D eigenvalue weighted by atomic mass is 9.78. The molecule has 0 amide bonds. The molecule has 2 aromatic rings. The van der Waals surface area contributed by atoms with Gasteiger partial charge in [-0.05, 0) is 73.2 Å². The Hall–Kier alpha value is -2.00. The second-order valence-corrected chi connectivity index (χ2v) is 9.18. The summed E-state index contributed by atoms with van der Waals surface area (Å²) in [6.45, 7) is 3.01. The molecule has 0 unspecified atom stereocenters. The lowest BCUT2D eigenvalue weighted by molar-refractivity contribution is 0.0734. The molecule has 3 rings (SSSR count). The summed E-state index contributed by atoms with van der Waals surface area (Å²) in [6, 6.07) is 13.9. The minimum absolute atomic E-state index is 0.390. The highest BCUT2D eigenvalue weighted by Crippen LogP contribution is 2.34. The largest absolute Gasteiger partial charge is 0.494 e. The Morgan fingerprint density at radius 2 is 1.42 bits per heavy atom. The molecule has 0 spiro atoms. The summed E-state index contributed by atoms with van der Waals surface area (Å²) in [5.41, 5.74) is 0.498. The van der Waals surface area contributed by atoms with Crippen molar-refractivity contribution in [3.8, 4) is 11.5 Å². The molecule has 1 aliphatic carbocycles. The molecule has 0 bridgehead atoms. The number of ether oxygens (including phenoxy) is 2. The van der Waals surface area contributed by atoms with Crippen molar-refractivity contribution in [3.63, 3.8) is 0 Å². The van der Waals surface area contributed by atoms with Gasteiger partial charge in [-0.2, -0.15) is 0 Å². The smallest absolute Gasteiger partial charge is 0.343 e. The van der Waals surface area contributed by atoms with E-state index < -0.39 is 0 Å². The second kappa shape index (κ2) is 12.8. The van der Waals surface area contributed by atoms with Gasteiger partial charge in [0.1, 0.15) is 11.5 Å². The predicted octanol–water partition coefficient (Wildman–Crippen LogP) is 8.10. The summed E-state index contributed by atoms with van der Waals surface area (Å²) >= 11 is 5.85. The molecule has 31 heavy (non-hydrogen) atoms. The second-order valence-electron chi connectivity index (χ2n) is 8.74. The van der Waals surface area contributed by atoms with Crippen molar-refractivity contribution in [2.75, 3.05) is 6.61 Å². The van der Waals surface area contributed by atoms with Crippen LogP contribution < -0.4 is 9.47 Å². The average Bonchev–Trinajstić information content (AvgIpc) is 2.80. The molecule has 2 aromatic carbocycles. The Bertz CT molecular complexity index is 777. The van der Waals surface area contributed by atoms with Gasteiger partial charge < -0.3 is 9.47 Å². The van der Waals surface area contributed by atoms with Crippen LogP contribution in [0.4, 0.5) is 0 Å². The van der Waals surface area contributed by atoms with Gasteiger partial charge in [-0.15, -0.1) is 0 Å². The highest BCUT2D eigenvalue weighted by molar-refractivity contribution is 6.30. The highest BCUT2D eigenvalue weighted by Gasteiger charge is 2.20. The summed E-state index contributed by atoms with van der Waals surface area (Å²) in [6.07, 6.45) is 13.5. The Labute approximate surface area is 192 Å². The molecular weight excluding hydrogens is 408 g/mol. The first-order chi connectivity index (χ1) is 15.1. The van der Waals surface area contributed by atoms with E-state index >= 15 is 0 Å². The van der Waals surface area contributed by atoms with Crippen molar-refractivity contribution in [3.05, 3.63) is 59.1 Å². The molecule has 3 nitrogen and oxygen atoms in total. The van der Waals surface area contributed by atoms with Gasteiger partial charge in [-0.3, -0.25) is 0 Å². The zero-order chi connectivity index (χ0) is 21.9. The van der Waals surface area contributed by atoms with Crippen molar-refractivity contribution < 1.29 is 14.3 Å². The maximum atomic E-state index is 12.2. The Balaban J connectivity index is 1.32. The molecule has 168 valence electrons. The van der Waals surface area contributed by atoms with E-state index in [0.29, 0.717) is 16.3 Å². The number of hydrogen-bond donors (Lipinski definition) is 0. The molecule has 4 heteroatoms. The number of hydrogen-bond acceptors (Lipinski definition) is 3. The molecule has 0 saturated heterocycles. The van der Waals surface area contributed by atoms with Crippen LogP contribution in [-0.2, 0) is 0 Å². The quantitative estimate of drug-likeness (QED) is 0.200. The third-order valence-electron chi connectivity index (χ3n) is 6.32. The van der Waals surface area contributed by atoms with Gasteiger partial charge in [0.2, 0.25) is 0 Å². The Morgan fingerprint density at radius 1 is 0.839 bits per heavy atom. The van der Waals surface area contributed by atoms with Crippen LogP contribution in [-0.4, -0.2) is 12.6 Å². The van der Waals surface area contributed by atoms with Crippen LogP contribution in [0.15, 0.2) is 48.5 Å². The van der Waals surface area contributed by atoms with E-state index in [4.69, 9.17) is 21.1 Å². The number of carbonyl (C=O) groups excluding carboxylic acids is 1. The minimum atomic E-state index is -0.390. The van der Waals surface area contributed by atoms with Crippen molar-refractivity contribution in [2.45, 2.75) is 71.1 Å². The van der Waals surface area contributed by atoms with E-state index in [1.807, 2.05) is 12.1 Å². The van der Waals surface area contributed by atoms with Gasteiger partial charge in [0.15, 0.2) is 0 Å². The fourth-order valence-corrected chi connectivity index (χ4v) is 4.54. The summed E-state index contributed by atoms with van der Waals surface area (Å²) < 4.78 is 11.2. The normalized spacial score (nSPS) is 18.5. The van der Waals surface area contributed by atoms with Crippen molar-refractivity contribution in [1.29, 1.82) is 0 Å². The maximum absolute atomic E-state index is 12.2. The number of benzene rings is 2. The third kappa shape index (κ3) is 8.22. The van der Waals surface area contributed by atoms with E-state index in [1.165, 1.54) is 57.8 Å². The first kappa shape index (κ1) is 23.7. The molecule has 1 fully saturated rings. The molecule has 0 N–H and O–H groups in total. The topological polar surface area (TPSA) is 35.5 Å². The number of rotatable bonds is 11. The van der Waals surface area contributed by atoms with Crippen LogP contribution >= 0.6 is 11.6 Å². The van der Waals surface area contributed by atoms with Crippen LogP contribution in [0.25, 0.3) is 0 Å². The standard InChI is InChI=1S/C27H35ClO3/c1-2-3-4-6-21-8-10-22(11-9-21)7-5-20-30-25-16-12-23(13-17-25)27(29)31-26-18-14-24(28)15-19-26/h12-19,21-22H,2-11,20H2,1H3. The highest BCUT2D eigenvalue weighted by atomic mass is 35.5. The molecule has 0 radical (unpaired) electrons. The lowest BCUT2D eigenvalue weighted by Crippen LogP contribution is -2.15. The Kier molecular flexibility index (Phi) is 9.74. The van der Waals surface area contributed by atoms with E-state index in [1.54, 1.807) is 36.4 Å². The van der Waals surface area contributed by atoms with E-state index in [2.05, 4.69) is 6.92 Å². The van der Waals surface area contributed by atoms with Crippen LogP contribution in [0.3, 0.4) is 0 Å². The molecule has 0 aliphatic heterocycles. The first-order valence-electron chi connectivity index (χ1n) is 11.8. The van der Waals surface area contributed by atoms with Crippen molar-refractivity contribution in [2.24, 2.45) is 11.8 Å². The summed E-state index contributed by atoms with van der Waals surface area (Å²) in [5.74, 6) is 2.73. The number of unbranched alkanes of at least 4 members (excludes halogenated alkanes) is 2. The van der Waals surface area contributed by atoms with E-state index in [0.717, 1.165) is 30.6 Å². The molecule has 0 atom stereocenters. The lowest BCUT2D eigenvalue weighted by Gasteiger charge is -2.28. The van der Waals surface area contributed by atoms with Gasteiger partial charge in [0, 0.05) is 5.02 Å². The Morgan fingerprint density at radius 3 is 2.03 bits per heavy atom. The number of esters is 1. The van der Waals surface area contributed by atoms with Crippen molar-refractivity contribution >= 4 is 17.6 Å². The molecular formula is C27H35ClO3. The summed E-state index contributed by atoms with van der Waals surface area (Å²) in [5, 5.41) is 0.608. The maximum Gasteiger partial charge on any atom is 0.343 e. The molecule has 0 aromatic heterocycles. The third-order valence-corrected chi connectivity index (χ3v) is 6.57. The first-order valence-corrected chi connectivity index (χ1v) is 12.2. The van der Waals surface area contributed by atoms with Gasteiger partial charge in [-0.25, -0.2) is 4.79 Å². The fraction of sp³-hybridized carbons (Fsp3) is 0.519. The van der Waals surface area contributed by atoms with Gasteiger partial charge in [0.05, 0.1) is 12.2 Å². The summed E-state index contributed by atoms with van der Waals surface area (Å²) in [4.78, 5) is 12.2. The zero-order valence-corrected chi connectivity index (χ0v) is 19.4. The molecule has 0 heterocycles. The van der Waals surface area contributed by atoms with Crippen LogP contribution in [0.2, 0.25) is 5.02 Å². The van der Waals surface area contributed by atoms with Gasteiger partial charge >= 0.3 is 5.97 Å². The number of carbonyl (C=O) groups is 1. The summed E-state index contributed by atoms with van der Waals surface area (Å²) in [7, 11) is 0. The van der Waals surface area contributed by atoms with Gasteiger partial charge in [0.25, 0.3) is 0 Å². The van der Waals surface area contributed by atoms with Crippen LogP contribution in [0.1, 0.15) is 81.5 Å². The van der Waals surface area contributed by atoms with E-state index in [-0.39, 0.29) is 5.97 Å². The van der Waals surface area contributed by atoms with Crippen molar-refractivity contribution in [1.82, 2.24) is 0 Å². The average molecular weight is 443 g/mol. The number of halogens is 1. The van der Waals surface area contributed by atoms with Crippen LogP contribution in [0, 0.1) is 11.8 Å². The minimum Gasteiger partial charge on any atom is -0.494 e. The SMILES string of the molecule is CCCCCC1CCC(CCCOc2ccc(C(=O)Oc3ccc(Cl)cc3)cc2)CC1. The molecule has 1 saturated carbocycles. The zero-order valence-electron chi connectivity index (χ0n) is 18.7. The molecule has 1 aliphatic rings. The van der Waals surface area contributed by atoms with E-state index in [9.17, 15) is 4.79 Å².